The Morgan fingerprint density at radius 3 is 2.44 bits per heavy atom. The van der Waals surface area contributed by atoms with Crippen molar-refractivity contribution in [2.24, 2.45) is 5.41 Å². The first-order valence-electron chi connectivity index (χ1n) is 6.35. The maximum Gasteiger partial charge on any atom is 0.173 e. The Kier molecular flexibility index (Phi) is 3.36. The van der Waals surface area contributed by atoms with Crippen molar-refractivity contribution in [1.29, 1.82) is 0 Å². The lowest BCUT2D eigenvalue weighted by molar-refractivity contribution is -0.253. The Morgan fingerprint density at radius 1 is 1.19 bits per heavy atom. The van der Waals surface area contributed by atoms with Crippen molar-refractivity contribution < 1.29 is 14.3 Å². The van der Waals surface area contributed by atoms with Crippen LogP contribution in [0.2, 0.25) is 0 Å². The number of hydrogen-bond acceptors (Lipinski definition) is 3. The Morgan fingerprint density at radius 2 is 1.81 bits per heavy atom. The average molecular weight is 226 g/mol. The van der Waals surface area contributed by atoms with Crippen LogP contribution in [0.5, 0.6) is 0 Å². The van der Waals surface area contributed by atoms with Gasteiger partial charge in [-0.1, -0.05) is 13.3 Å². The minimum absolute atomic E-state index is 0.0212. The Bertz CT molecular complexity index is 268. The van der Waals surface area contributed by atoms with E-state index < -0.39 is 0 Å². The Hall–Kier alpha value is -0.410. The van der Waals surface area contributed by atoms with Crippen LogP contribution in [0.1, 0.15) is 52.4 Å². The van der Waals surface area contributed by atoms with Gasteiger partial charge in [0.05, 0.1) is 13.2 Å². The molecule has 1 aliphatic heterocycles. The molecule has 0 N–H and O–H groups in total. The molecule has 1 saturated carbocycles. The number of ether oxygens (including phenoxy) is 2. The molecule has 16 heavy (non-hydrogen) atoms. The summed E-state index contributed by atoms with van der Waals surface area (Å²) in [6.07, 6.45) is 6.04. The highest BCUT2D eigenvalue weighted by molar-refractivity contribution is 5.75. The standard InChI is InChI=1S/C13H22O3/c1-11(14)5-8-12(2)6-3-4-7-13(12)15-9-10-16-13/h3-10H2,1-2H3/t12-/m0/s1. The van der Waals surface area contributed by atoms with Crippen LogP contribution in [-0.4, -0.2) is 24.8 Å². The molecule has 0 aromatic heterocycles. The maximum atomic E-state index is 11.2. The summed E-state index contributed by atoms with van der Waals surface area (Å²) in [7, 11) is 0. The van der Waals surface area contributed by atoms with E-state index in [9.17, 15) is 4.79 Å². The highest BCUT2D eigenvalue weighted by Crippen LogP contribution is 2.51. The highest BCUT2D eigenvalue weighted by Gasteiger charge is 2.53. The predicted octanol–water partition coefficient (Wildman–Crippen LogP) is 2.68. The van der Waals surface area contributed by atoms with Gasteiger partial charge >= 0.3 is 0 Å². The second kappa shape index (κ2) is 4.46. The molecule has 2 aliphatic rings. The maximum absolute atomic E-state index is 11.2. The quantitative estimate of drug-likeness (QED) is 0.742. The molecule has 1 spiro atoms. The third-order valence-electron chi connectivity index (χ3n) is 4.19. The van der Waals surface area contributed by atoms with Crippen LogP contribution in [0.3, 0.4) is 0 Å². The van der Waals surface area contributed by atoms with E-state index in [0.717, 1.165) is 19.3 Å². The van der Waals surface area contributed by atoms with Gasteiger partial charge in [-0.25, -0.2) is 0 Å². The zero-order chi connectivity index (χ0) is 11.6. The third kappa shape index (κ3) is 2.03. The van der Waals surface area contributed by atoms with Crippen molar-refractivity contribution in [2.45, 2.75) is 58.2 Å². The summed E-state index contributed by atoms with van der Waals surface area (Å²) in [5.74, 6) is -0.124. The molecule has 3 heteroatoms. The summed E-state index contributed by atoms with van der Waals surface area (Å²) < 4.78 is 11.8. The van der Waals surface area contributed by atoms with Gasteiger partial charge in [0.1, 0.15) is 5.78 Å². The number of carbonyl (C=O) groups is 1. The first-order chi connectivity index (χ1) is 7.58. The summed E-state index contributed by atoms with van der Waals surface area (Å²) in [6, 6.07) is 0. The van der Waals surface area contributed by atoms with E-state index in [2.05, 4.69) is 6.92 Å². The molecule has 0 unspecified atom stereocenters. The van der Waals surface area contributed by atoms with Gasteiger partial charge in [-0.2, -0.15) is 0 Å². The second-order valence-electron chi connectivity index (χ2n) is 5.42. The number of Topliss-reactive ketones (excluding diaryl/α,β-unsaturated/α-hetero) is 1. The van der Waals surface area contributed by atoms with Crippen LogP contribution < -0.4 is 0 Å². The molecule has 1 heterocycles. The van der Waals surface area contributed by atoms with E-state index in [1.165, 1.54) is 12.8 Å². The molecule has 1 aliphatic carbocycles. The first kappa shape index (κ1) is 12.1. The van der Waals surface area contributed by atoms with Crippen LogP contribution in [0.25, 0.3) is 0 Å². The predicted molar refractivity (Wildman–Crippen MR) is 61.1 cm³/mol. The summed E-state index contributed by atoms with van der Waals surface area (Å²) >= 11 is 0. The SMILES string of the molecule is CC(=O)CC[C@]1(C)CCCCC12OCCO2. The summed E-state index contributed by atoms with van der Waals surface area (Å²) in [5.41, 5.74) is 0.0212. The number of hydrogen-bond donors (Lipinski definition) is 0. The van der Waals surface area contributed by atoms with Crippen molar-refractivity contribution in [3.05, 3.63) is 0 Å². The van der Waals surface area contributed by atoms with Gasteiger partial charge in [0, 0.05) is 18.3 Å². The zero-order valence-electron chi connectivity index (χ0n) is 10.4. The van der Waals surface area contributed by atoms with Crippen LogP contribution in [0.15, 0.2) is 0 Å². The van der Waals surface area contributed by atoms with E-state index in [1.807, 2.05) is 0 Å². The van der Waals surface area contributed by atoms with Crippen molar-refractivity contribution in [2.75, 3.05) is 13.2 Å². The lowest BCUT2D eigenvalue weighted by Crippen LogP contribution is -2.50. The van der Waals surface area contributed by atoms with E-state index in [-0.39, 0.29) is 17.0 Å². The molecule has 0 bridgehead atoms. The third-order valence-corrected chi connectivity index (χ3v) is 4.19. The fraction of sp³-hybridized carbons (Fsp3) is 0.923. The van der Waals surface area contributed by atoms with E-state index in [1.54, 1.807) is 6.92 Å². The number of carbonyl (C=O) groups excluding carboxylic acids is 1. The molecule has 0 radical (unpaired) electrons. The molecule has 1 atom stereocenters. The van der Waals surface area contributed by atoms with E-state index >= 15 is 0 Å². The van der Waals surface area contributed by atoms with Gasteiger partial charge in [0.2, 0.25) is 0 Å². The molecule has 92 valence electrons. The van der Waals surface area contributed by atoms with Crippen LogP contribution in [0, 0.1) is 5.41 Å². The molecule has 1 saturated heterocycles. The molecular weight excluding hydrogens is 204 g/mol. The summed E-state index contributed by atoms with van der Waals surface area (Å²) in [6.45, 7) is 5.29. The van der Waals surface area contributed by atoms with Gasteiger partial charge in [0.15, 0.2) is 5.79 Å². The topological polar surface area (TPSA) is 35.5 Å². The molecule has 3 nitrogen and oxygen atoms in total. The molecular formula is C13H22O3. The van der Waals surface area contributed by atoms with Gasteiger partial charge in [-0.15, -0.1) is 0 Å². The largest absolute Gasteiger partial charge is 0.347 e. The van der Waals surface area contributed by atoms with Crippen LogP contribution in [-0.2, 0) is 14.3 Å². The summed E-state index contributed by atoms with van der Waals surface area (Å²) in [4.78, 5) is 11.2. The van der Waals surface area contributed by atoms with E-state index in [0.29, 0.717) is 19.6 Å². The zero-order valence-corrected chi connectivity index (χ0v) is 10.4. The summed E-state index contributed by atoms with van der Waals surface area (Å²) in [5, 5.41) is 0. The first-order valence-corrected chi connectivity index (χ1v) is 6.35. The van der Waals surface area contributed by atoms with Crippen molar-refractivity contribution in [3.8, 4) is 0 Å². The molecule has 0 amide bonds. The van der Waals surface area contributed by atoms with Crippen molar-refractivity contribution in [3.63, 3.8) is 0 Å². The molecule has 0 aromatic rings. The lowest BCUT2D eigenvalue weighted by Gasteiger charge is -2.48. The van der Waals surface area contributed by atoms with Crippen LogP contribution in [0.4, 0.5) is 0 Å². The van der Waals surface area contributed by atoms with Gasteiger partial charge in [0.25, 0.3) is 0 Å². The Balaban J connectivity index is 2.10. The lowest BCUT2D eigenvalue weighted by atomic mass is 9.67. The normalized spacial score (nSPS) is 33.1. The van der Waals surface area contributed by atoms with Crippen molar-refractivity contribution >= 4 is 5.78 Å². The smallest absolute Gasteiger partial charge is 0.173 e. The second-order valence-corrected chi connectivity index (χ2v) is 5.42. The number of rotatable bonds is 3. The minimum Gasteiger partial charge on any atom is -0.347 e. The van der Waals surface area contributed by atoms with Gasteiger partial charge < -0.3 is 14.3 Å². The minimum atomic E-state index is -0.388. The number of ketones is 1. The molecule has 2 rings (SSSR count). The van der Waals surface area contributed by atoms with Gasteiger partial charge in [-0.05, 0) is 26.2 Å². The van der Waals surface area contributed by atoms with Gasteiger partial charge in [-0.3, -0.25) is 0 Å². The van der Waals surface area contributed by atoms with E-state index in [4.69, 9.17) is 9.47 Å². The highest BCUT2D eigenvalue weighted by atomic mass is 16.7. The fourth-order valence-electron chi connectivity index (χ4n) is 3.08. The van der Waals surface area contributed by atoms with Crippen molar-refractivity contribution in [1.82, 2.24) is 0 Å². The monoisotopic (exact) mass is 226 g/mol. The fourth-order valence-corrected chi connectivity index (χ4v) is 3.08. The molecule has 2 fully saturated rings. The average Bonchev–Trinajstić information content (AvgIpc) is 2.71. The van der Waals surface area contributed by atoms with Crippen LogP contribution >= 0.6 is 0 Å². The Labute approximate surface area is 97.5 Å². The molecule has 0 aromatic carbocycles.